The molecule has 1 amide bonds. The molecule has 1 N–H and O–H groups in total. The number of amides is 1. The van der Waals surface area contributed by atoms with Crippen molar-refractivity contribution < 1.29 is 9.53 Å². The number of nitrogens with one attached hydrogen (secondary N) is 1. The van der Waals surface area contributed by atoms with Gasteiger partial charge in [-0.15, -0.1) is 0 Å². The summed E-state index contributed by atoms with van der Waals surface area (Å²) in [7, 11) is 0. The number of halogens is 1. The molecule has 5 nitrogen and oxygen atoms in total. The molecule has 3 rings (SSSR count). The van der Waals surface area contributed by atoms with Crippen LogP contribution < -0.4 is 10.1 Å². The smallest absolute Gasteiger partial charge is 0.255 e. The molecule has 140 valence electrons. The summed E-state index contributed by atoms with van der Waals surface area (Å²) in [5, 5.41) is 7.81. The van der Waals surface area contributed by atoms with E-state index in [9.17, 15) is 4.79 Å². The van der Waals surface area contributed by atoms with Crippen molar-refractivity contribution >= 4 is 17.5 Å². The third-order valence-corrected chi connectivity index (χ3v) is 4.51. The topological polar surface area (TPSA) is 56.1 Å². The quantitative estimate of drug-likeness (QED) is 0.634. The van der Waals surface area contributed by atoms with Gasteiger partial charge in [0.1, 0.15) is 12.4 Å². The molecule has 1 atom stereocenters. The van der Waals surface area contributed by atoms with Crippen molar-refractivity contribution in [1.29, 1.82) is 0 Å². The summed E-state index contributed by atoms with van der Waals surface area (Å²) >= 11 is 6.17. The second kappa shape index (κ2) is 9.24. The van der Waals surface area contributed by atoms with E-state index in [1.807, 2.05) is 53.3 Å². The number of hydrogen-bond donors (Lipinski definition) is 1. The Morgan fingerprint density at radius 2 is 1.96 bits per heavy atom. The van der Waals surface area contributed by atoms with E-state index in [1.165, 1.54) is 0 Å². The molecule has 0 spiro atoms. The molecule has 0 saturated carbocycles. The van der Waals surface area contributed by atoms with Crippen LogP contribution in [0.4, 0.5) is 0 Å². The zero-order valence-electron chi connectivity index (χ0n) is 15.1. The second-order valence-corrected chi connectivity index (χ2v) is 6.83. The molecule has 0 fully saturated rings. The average molecular weight is 384 g/mol. The molecule has 0 saturated heterocycles. The van der Waals surface area contributed by atoms with Gasteiger partial charge in [0.2, 0.25) is 0 Å². The lowest BCUT2D eigenvalue weighted by molar-refractivity contribution is 0.0942. The third kappa shape index (κ3) is 5.34. The van der Waals surface area contributed by atoms with Crippen LogP contribution in [0.1, 0.15) is 22.8 Å². The number of nitrogens with zero attached hydrogens (tertiary/aromatic N) is 2. The Morgan fingerprint density at radius 1 is 1.19 bits per heavy atom. The van der Waals surface area contributed by atoms with Crippen LogP contribution in [-0.4, -0.2) is 22.2 Å². The Labute approximate surface area is 163 Å². The molecule has 3 aromatic rings. The Hall–Kier alpha value is -2.79. The van der Waals surface area contributed by atoms with Crippen molar-refractivity contribution in [3.63, 3.8) is 0 Å². The molecule has 0 aliphatic rings. The minimum Gasteiger partial charge on any atom is -0.488 e. The molecule has 0 aliphatic carbocycles. The lowest BCUT2D eigenvalue weighted by atomic mass is 10.1. The molecule has 6 heteroatoms. The minimum absolute atomic E-state index is 0.155. The monoisotopic (exact) mass is 383 g/mol. The van der Waals surface area contributed by atoms with Crippen LogP contribution in [0.3, 0.4) is 0 Å². The molecule has 0 aliphatic heterocycles. The fourth-order valence-electron chi connectivity index (χ4n) is 2.71. The highest BCUT2D eigenvalue weighted by atomic mass is 35.5. The summed E-state index contributed by atoms with van der Waals surface area (Å²) in [5.41, 5.74) is 1.39. The van der Waals surface area contributed by atoms with Gasteiger partial charge in [0, 0.05) is 36.1 Å². The van der Waals surface area contributed by atoms with Gasteiger partial charge >= 0.3 is 0 Å². The van der Waals surface area contributed by atoms with Crippen molar-refractivity contribution in [2.45, 2.75) is 20.1 Å². The maximum absolute atomic E-state index is 12.6. The first-order valence-corrected chi connectivity index (χ1v) is 9.22. The van der Waals surface area contributed by atoms with Gasteiger partial charge in [-0.25, -0.2) is 0 Å². The van der Waals surface area contributed by atoms with Crippen molar-refractivity contribution in [2.75, 3.05) is 6.54 Å². The molecule has 27 heavy (non-hydrogen) atoms. The van der Waals surface area contributed by atoms with Gasteiger partial charge in [-0.3, -0.25) is 9.48 Å². The number of benzene rings is 2. The number of carbonyl (C=O) groups is 1. The molecule has 1 heterocycles. The number of para-hydroxylation sites is 1. The summed E-state index contributed by atoms with van der Waals surface area (Å²) in [4.78, 5) is 12.6. The maximum Gasteiger partial charge on any atom is 0.255 e. The zero-order chi connectivity index (χ0) is 19.1. The van der Waals surface area contributed by atoms with Crippen molar-refractivity contribution in [3.05, 3.63) is 83.1 Å². The third-order valence-electron chi connectivity index (χ3n) is 4.14. The zero-order valence-corrected chi connectivity index (χ0v) is 15.9. The number of rotatable bonds is 8. The Kier molecular flexibility index (Phi) is 6.49. The molecule has 0 bridgehead atoms. The van der Waals surface area contributed by atoms with E-state index in [0.29, 0.717) is 29.5 Å². The number of aromatic nitrogens is 2. The Bertz CT molecular complexity index is 881. The maximum atomic E-state index is 12.6. The molecular weight excluding hydrogens is 362 g/mol. The van der Waals surface area contributed by atoms with Crippen molar-refractivity contribution in [2.24, 2.45) is 5.92 Å². The van der Waals surface area contributed by atoms with Gasteiger partial charge in [0.15, 0.2) is 0 Å². The van der Waals surface area contributed by atoms with Crippen molar-refractivity contribution in [3.8, 4) is 5.75 Å². The average Bonchev–Trinajstić information content (AvgIpc) is 3.18. The molecule has 0 radical (unpaired) electrons. The van der Waals surface area contributed by atoms with Crippen LogP contribution in [0.25, 0.3) is 0 Å². The SMILES string of the molecule is CC(CNC(=O)c1ccccc1OCc1ccccc1Cl)Cn1cccn1. The predicted octanol–water partition coefficient (Wildman–Crippen LogP) is 4.18. The highest BCUT2D eigenvalue weighted by molar-refractivity contribution is 6.31. The van der Waals surface area contributed by atoms with E-state index in [1.54, 1.807) is 18.3 Å². The lowest BCUT2D eigenvalue weighted by Gasteiger charge is -2.15. The summed E-state index contributed by atoms with van der Waals surface area (Å²) in [6.07, 6.45) is 3.66. The van der Waals surface area contributed by atoms with Gasteiger partial charge in [0.25, 0.3) is 5.91 Å². The first-order valence-electron chi connectivity index (χ1n) is 8.84. The Balaban J connectivity index is 1.59. The predicted molar refractivity (Wildman–Crippen MR) is 106 cm³/mol. The van der Waals surface area contributed by atoms with E-state index < -0.39 is 0 Å². The number of ether oxygens (including phenoxy) is 1. The van der Waals surface area contributed by atoms with Crippen LogP contribution in [0.5, 0.6) is 5.75 Å². The largest absolute Gasteiger partial charge is 0.488 e. The van der Waals surface area contributed by atoms with E-state index in [2.05, 4.69) is 17.3 Å². The van der Waals surface area contributed by atoms with Crippen molar-refractivity contribution in [1.82, 2.24) is 15.1 Å². The van der Waals surface area contributed by atoms with E-state index in [4.69, 9.17) is 16.3 Å². The summed E-state index contributed by atoms with van der Waals surface area (Å²) < 4.78 is 7.72. The second-order valence-electron chi connectivity index (χ2n) is 6.42. The normalized spacial score (nSPS) is 11.8. The highest BCUT2D eigenvalue weighted by Crippen LogP contribution is 2.22. The van der Waals surface area contributed by atoms with Crippen LogP contribution >= 0.6 is 11.6 Å². The van der Waals surface area contributed by atoms with Gasteiger partial charge in [-0.1, -0.05) is 48.9 Å². The van der Waals surface area contributed by atoms with Crippen LogP contribution in [0.2, 0.25) is 5.02 Å². The van der Waals surface area contributed by atoms with E-state index >= 15 is 0 Å². The summed E-state index contributed by atoms with van der Waals surface area (Å²) in [6.45, 7) is 3.68. The fraction of sp³-hybridized carbons (Fsp3) is 0.238. The summed E-state index contributed by atoms with van der Waals surface area (Å²) in [5.74, 6) is 0.636. The van der Waals surface area contributed by atoms with Gasteiger partial charge in [0.05, 0.1) is 5.56 Å². The Morgan fingerprint density at radius 3 is 2.74 bits per heavy atom. The molecular formula is C21H22ClN3O2. The molecule has 1 aromatic heterocycles. The number of hydrogen-bond acceptors (Lipinski definition) is 3. The first-order chi connectivity index (χ1) is 13.1. The number of carbonyl (C=O) groups excluding carboxylic acids is 1. The molecule has 2 aromatic carbocycles. The lowest BCUT2D eigenvalue weighted by Crippen LogP contribution is -2.30. The van der Waals surface area contributed by atoms with Gasteiger partial charge in [-0.2, -0.15) is 5.10 Å². The van der Waals surface area contributed by atoms with Crippen LogP contribution in [0.15, 0.2) is 67.0 Å². The fourth-order valence-corrected chi connectivity index (χ4v) is 2.90. The first kappa shape index (κ1) is 19.0. The van der Waals surface area contributed by atoms with Crippen LogP contribution in [0, 0.1) is 5.92 Å². The van der Waals surface area contributed by atoms with E-state index in [0.717, 1.165) is 12.1 Å². The standard InChI is InChI=1S/C21H22ClN3O2/c1-16(14-25-12-6-11-24-25)13-23-21(26)18-8-3-5-10-20(18)27-15-17-7-2-4-9-19(17)22/h2-12,16H,13-15H2,1H3,(H,23,26). The van der Waals surface area contributed by atoms with E-state index in [-0.39, 0.29) is 11.8 Å². The summed E-state index contributed by atoms with van der Waals surface area (Å²) in [6, 6.07) is 16.6. The molecule has 1 unspecified atom stereocenters. The van der Waals surface area contributed by atoms with Gasteiger partial charge < -0.3 is 10.1 Å². The van der Waals surface area contributed by atoms with Crippen LogP contribution in [-0.2, 0) is 13.2 Å². The highest BCUT2D eigenvalue weighted by Gasteiger charge is 2.14. The van der Waals surface area contributed by atoms with Gasteiger partial charge in [-0.05, 0) is 30.2 Å². The minimum atomic E-state index is -0.155.